The van der Waals surface area contributed by atoms with Crippen LogP contribution < -0.4 is 10.6 Å². The van der Waals surface area contributed by atoms with Crippen molar-refractivity contribution < 1.29 is 9.53 Å². The van der Waals surface area contributed by atoms with Gasteiger partial charge in [-0.05, 0) is 25.2 Å². The minimum absolute atomic E-state index is 0. The van der Waals surface area contributed by atoms with Crippen LogP contribution >= 0.6 is 24.8 Å². The molecule has 1 aliphatic carbocycles. The predicted octanol–water partition coefficient (Wildman–Crippen LogP) is 1.59. The van der Waals surface area contributed by atoms with Gasteiger partial charge >= 0.3 is 0 Å². The Hall–Kier alpha value is -0.0700. The zero-order valence-corrected chi connectivity index (χ0v) is 15.4. The average molecular weight is 368 g/mol. The minimum Gasteiger partial charge on any atom is -0.378 e. The van der Waals surface area contributed by atoms with Crippen LogP contribution in [0.2, 0.25) is 0 Å². The Morgan fingerprint density at radius 2 is 2.00 bits per heavy atom. The molecule has 2 N–H and O–H groups in total. The van der Waals surface area contributed by atoms with Crippen molar-refractivity contribution in [2.24, 2.45) is 5.92 Å². The quantitative estimate of drug-likeness (QED) is 0.774. The second-order valence-corrected chi connectivity index (χ2v) is 6.89. The largest absolute Gasteiger partial charge is 0.378 e. The normalized spacial score (nSPS) is 28.9. The number of nitrogens with zero attached hydrogens (tertiary/aromatic N) is 1. The van der Waals surface area contributed by atoms with Crippen molar-refractivity contribution in [1.29, 1.82) is 0 Å². The molecule has 0 spiro atoms. The monoisotopic (exact) mass is 367 g/mol. The van der Waals surface area contributed by atoms with Gasteiger partial charge in [0.2, 0.25) is 5.91 Å². The summed E-state index contributed by atoms with van der Waals surface area (Å²) in [6.45, 7) is 5.70. The fourth-order valence-corrected chi connectivity index (χ4v) is 3.94. The average Bonchev–Trinajstić information content (AvgIpc) is 3.13. The van der Waals surface area contributed by atoms with Gasteiger partial charge in [0.15, 0.2) is 0 Å². The third-order valence-electron chi connectivity index (χ3n) is 5.06. The number of carbonyl (C=O) groups is 1. The van der Waals surface area contributed by atoms with E-state index in [0.29, 0.717) is 19.1 Å². The third-order valence-corrected chi connectivity index (χ3v) is 5.06. The number of amides is 1. The number of morpholine rings is 1. The van der Waals surface area contributed by atoms with Gasteiger partial charge in [-0.15, -0.1) is 24.8 Å². The lowest BCUT2D eigenvalue weighted by Crippen LogP contribution is -2.46. The molecule has 1 amide bonds. The van der Waals surface area contributed by atoms with Gasteiger partial charge in [-0.25, -0.2) is 0 Å². The summed E-state index contributed by atoms with van der Waals surface area (Å²) in [7, 11) is 0. The Morgan fingerprint density at radius 1 is 1.22 bits per heavy atom. The molecule has 5 nitrogen and oxygen atoms in total. The molecule has 0 aromatic carbocycles. The van der Waals surface area contributed by atoms with E-state index in [-0.39, 0.29) is 36.8 Å². The first kappa shape index (κ1) is 21.0. The third kappa shape index (κ3) is 6.75. The second kappa shape index (κ2) is 10.7. The van der Waals surface area contributed by atoms with Gasteiger partial charge in [0.1, 0.15) is 0 Å². The van der Waals surface area contributed by atoms with Gasteiger partial charge in [0.25, 0.3) is 0 Å². The number of hydrogen-bond donors (Lipinski definition) is 2. The van der Waals surface area contributed by atoms with Gasteiger partial charge < -0.3 is 20.3 Å². The molecule has 0 bridgehead atoms. The van der Waals surface area contributed by atoms with Crippen LogP contribution in [0, 0.1) is 5.92 Å². The van der Waals surface area contributed by atoms with Crippen LogP contribution in [0.15, 0.2) is 0 Å². The fraction of sp³-hybridized carbons (Fsp3) is 0.938. The Kier molecular flexibility index (Phi) is 9.78. The van der Waals surface area contributed by atoms with Crippen LogP contribution in [0.4, 0.5) is 0 Å². The lowest BCUT2D eigenvalue weighted by Gasteiger charge is -2.24. The van der Waals surface area contributed by atoms with E-state index in [1.54, 1.807) is 0 Å². The molecule has 2 saturated heterocycles. The number of ether oxygens (including phenoxy) is 1. The topological polar surface area (TPSA) is 53.6 Å². The van der Waals surface area contributed by atoms with Gasteiger partial charge in [0.05, 0.1) is 13.2 Å². The van der Waals surface area contributed by atoms with E-state index in [4.69, 9.17) is 4.74 Å². The van der Waals surface area contributed by atoms with Gasteiger partial charge in [-0.2, -0.15) is 0 Å². The van der Waals surface area contributed by atoms with Crippen molar-refractivity contribution in [2.45, 2.75) is 50.6 Å². The number of halogens is 2. The lowest BCUT2D eigenvalue weighted by molar-refractivity contribution is -0.122. The van der Waals surface area contributed by atoms with E-state index in [0.717, 1.165) is 38.6 Å². The molecule has 3 fully saturated rings. The summed E-state index contributed by atoms with van der Waals surface area (Å²) < 4.78 is 5.39. The van der Waals surface area contributed by atoms with E-state index >= 15 is 0 Å². The molecule has 0 aromatic rings. The van der Waals surface area contributed by atoms with Crippen molar-refractivity contribution in [3.63, 3.8) is 0 Å². The molecule has 3 rings (SSSR count). The van der Waals surface area contributed by atoms with Crippen LogP contribution in [0.25, 0.3) is 0 Å². The molecule has 0 aromatic heterocycles. The number of rotatable bonds is 5. The first-order valence-corrected chi connectivity index (χ1v) is 8.62. The summed E-state index contributed by atoms with van der Waals surface area (Å²) in [5.41, 5.74) is 0. The van der Waals surface area contributed by atoms with Crippen molar-refractivity contribution in [3.8, 4) is 0 Å². The molecule has 2 atom stereocenters. The van der Waals surface area contributed by atoms with Crippen LogP contribution in [0.3, 0.4) is 0 Å². The molecule has 2 unspecified atom stereocenters. The Morgan fingerprint density at radius 3 is 2.70 bits per heavy atom. The highest BCUT2D eigenvalue weighted by atomic mass is 35.5. The zero-order chi connectivity index (χ0) is 14.5. The van der Waals surface area contributed by atoms with Crippen LogP contribution in [0.1, 0.15) is 38.5 Å². The van der Waals surface area contributed by atoms with Crippen LogP contribution in [-0.4, -0.2) is 62.3 Å². The van der Waals surface area contributed by atoms with Crippen molar-refractivity contribution >= 4 is 30.7 Å². The van der Waals surface area contributed by atoms with Crippen LogP contribution in [0.5, 0.6) is 0 Å². The van der Waals surface area contributed by atoms with Crippen molar-refractivity contribution in [3.05, 3.63) is 0 Å². The molecular weight excluding hydrogens is 337 g/mol. The molecule has 23 heavy (non-hydrogen) atoms. The number of carbonyl (C=O) groups excluding carboxylic acids is 1. The summed E-state index contributed by atoms with van der Waals surface area (Å²) in [6.07, 6.45) is 7.28. The highest BCUT2D eigenvalue weighted by Crippen LogP contribution is 2.26. The van der Waals surface area contributed by atoms with Crippen molar-refractivity contribution in [1.82, 2.24) is 15.5 Å². The first-order chi connectivity index (χ1) is 10.3. The molecule has 136 valence electrons. The Balaban J connectivity index is 0.00000132. The molecule has 2 aliphatic heterocycles. The molecule has 1 saturated carbocycles. The Bertz CT molecular complexity index is 348. The molecule has 2 heterocycles. The molecule has 7 heteroatoms. The Labute approximate surface area is 152 Å². The highest BCUT2D eigenvalue weighted by molar-refractivity contribution is 5.85. The molecular formula is C16H31Cl2N3O2. The minimum atomic E-state index is 0. The van der Waals surface area contributed by atoms with E-state index < -0.39 is 0 Å². The predicted molar refractivity (Wildman–Crippen MR) is 96.7 cm³/mol. The smallest absolute Gasteiger partial charge is 0.221 e. The number of nitrogens with one attached hydrogen (secondary N) is 2. The second-order valence-electron chi connectivity index (χ2n) is 6.89. The van der Waals surface area contributed by atoms with E-state index in [2.05, 4.69) is 15.5 Å². The molecule has 3 aliphatic rings. The zero-order valence-electron chi connectivity index (χ0n) is 13.8. The van der Waals surface area contributed by atoms with Crippen molar-refractivity contribution in [2.75, 3.05) is 39.4 Å². The maximum atomic E-state index is 12.1. The number of hydrogen-bond acceptors (Lipinski definition) is 4. The highest BCUT2D eigenvalue weighted by Gasteiger charge is 2.27. The maximum Gasteiger partial charge on any atom is 0.221 e. The maximum absolute atomic E-state index is 12.1. The van der Waals surface area contributed by atoms with Crippen LogP contribution in [-0.2, 0) is 9.53 Å². The summed E-state index contributed by atoms with van der Waals surface area (Å²) in [6, 6.07) is 0.540. The SMILES string of the molecule is Cl.Cl.O=C(CC1COCCN1)NC1CCN(CC2CCCC2)C1. The summed E-state index contributed by atoms with van der Waals surface area (Å²) in [5.74, 6) is 1.08. The fourth-order valence-electron chi connectivity index (χ4n) is 3.94. The van der Waals surface area contributed by atoms with Gasteiger partial charge in [-0.3, -0.25) is 4.79 Å². The van der Waals surface area contributed by atoms with Gasteiger partial charge in [-0.1, -0.05) is 12.8 Å². The lowest BCUT2D eigenvalue weighted by atomic mass is 10.1. The summed E-state index contributed by atoms with van der Waals surface area (Å²) >= 11 is 0. The van der Waals surface area contributed by atoms with E-state index in [1.807, 2.05) is 0 Å². The summed E-state index contributed by atoms with van der Waals surface area (Å²) in [4.78, 5) is 14.6. The van der Waals surface area contributed by atoms with Gasteiger partial charge in [0, 0.05) is 44.7 Å². The molecule has 0 radical (unpaired) electrons. The van der Waals surface area contributed by atoms with E-state index in [1.165, 1.54) is 32.2 Å². The standard InChI is InChI=1S/C16H29N3O2.2ClH/c20-16(9-15-12-21-8-6-17-15)18-14-5-7-19(11-14)10-13-3-1-2-4-13;;/h13-15,17H,1-12H2,(H,18,20);2*1H. The summed E-state index contributed by atoms with van der Waals surface area (Å²) in [5, 5.41) is 6.54. The van der Waals surface area contributed by atoms with E-state index in [9.17, 15) is 4.79 Å². The first-order valence-electron chi connectivity index (χ1n) is 8.62. The number of likely N-dealkylation sites (tertiary alicyclic amines) is 1.